The number of hydrogen-bond acceptors (Lipinski definition) is 3. The molecule has 2 aliphatic carbocycles. The zero-order valence-electron chi connectivity index (χ0n) is 14.2. The van der Waals surface area contributed by atoms with Crippen LogP contribution in [-0.4, -0.2) is 36.8 Å². The van der Waals surface area contributed by atoms with Crippen LogP contribution in [0.25, 0.3) is 0 Å². The zero-order chi connectivity index (χ0) is 16.6. The second kappa shape index (κ2) is 6.49. The Labute approximate surface area is 144 Å². The monoisotopic (exact) mass is 328 g/mol. The van der Waals surface area contributed by atoms with Gasteiger partial charge in [-0.15, -0.1) is 0 Å². The summed E-state index contributed by atoms with van der Waals surface area (Å²) in [4.78, 5) is 13.2. The molecular formula is C20H28N2O2. The summed E-state index contributed by atoms with van der Waals surface area (Å²) in [5.74, 6) is 1.61. The van der Waals surface area contributed by atoms with Crippen LogP contribution in [0.5, 0.6) is 0 Å². The van der Waals surface area contributed by atoms with E-state index in [1.54, 1.807) is 0 Å². The first-order chi connectivity index (χ1) is 11.7. The molecule has 1 amide bonds. The Bertz CT molecular complexity index is 591. The van der Waals surface area contributed by atoms with Crippen molar-refractivity contribution in [3.8, 4) is 0 Å². The average Bonchev–Trinajstić information content (AvgIpc) is 3.30. The van der Waals surface area contributed by atoms with Crippen LogP contribution in [0.3, 0.4) is 0 Å². The Morgan fingerprint density at radius 2 is 2.08 bits per heavy atom. The van der Waals surface area contributed by atoms with Gasteiger partial charge >= 0.3 is 0 Å². The summed E-state index contributed by atoms with van der Waals surface area (Å²) < 4.78 is 0. The Balaban J connectivity index is 1.49. The van der Waals surface area contributed by atoms with Crippen LogP contribution in [0.1, 0.15) is 31.2 Å². The van der Waals surface area contributed by atoms with Gasteiger partial charge in [0.05, 0.1) is 11.5 Å². The van der Waals surface area contributed by atoms with E-state index in [2.05, 4.69) is 34.9 Å². The van der Waals surface area contributed by atoms with Crippen molar-refractivity contribution < 1.29 is 9.90 Å². The van der Waals surface area contributed by atoms with Crippen molar-refractivity contribution in [2.45, 2.75) is 38.2 Å². The van der Waals surface area contributed by atoms with Crippen molar-refractivity contribution in [1.29, 1.82) is 0 Å². The molecule has 2 bridgehead atoms. The summed E-state index contributed by atoms with van der Waals surface area (Å²) in [6, 6.07) is 10.5. The van der Waals surface area contributed by atoms with E-state index in [0.29, 0.717) is 19.0 Å². The van der Waals surface area contributed by atoms with Gasteiger partial charge in [-0.2, -0.15) is 0 Å². The van der Waals surface area contributed by atoms with E-state index in [-0.39, 0.29) is 23.3 Å². The van der Waals surface area contributed by atoms with Crippen molar-refractivity contribution in [2.75, 3.05) is 19.6 Å². The van der Waals surface area contributed by atoms with Crippen LogP contribution in [0.4, 0.5) is 0 Å². The lowest BCUT2D eigenvalue weighted by Crippen LogP contribution is -2.48. The third kappa shape index (κ3) is 2.86. The minimum Gasteiger partial charge on any atom is -0.391 e. The van der Waals surface area contributed by atoms with Crippen molar-refractivity contribution in [3.63, 3.8) is 0 Å². The second-order valence-electron chi connectivity index (χ2n) is 8.09. The number of fused-ring (bicyclic) bond motifs is 2. The normalized spacial score (nSPS) is 37.7. The molecule has 4 nitrogen and oxygen atoms in total. The molecule has 1 aromatic rings. The minimum absolute atomic E-state index is 0.140. The maximum absolute atomic E-state index is 13.2. The van der Waals surface area contributed by atoms with Crippen LogP contribution in [0.2, 0.25) is 0 Å². The van der Waals surface area contributed by atoms with Gasteiger partial charge < -0.3 is 15.7 Å². The number of nitrogens with one attached hydrogen (secondary N) is 2. The first-order valence-electron chi connectivity index (χ1n) is 9.38. The molecule has 1 aromatic carbocycles. The Hall–Kier alpha value is -1.39. The number of aliphatic hydroxyl groups is 1. The van der Waals surface area contributed by atoms with Crippen LogP contribution >= 0.6 is 0 Å². The predicted molar refractivity (Wildman–Crippen MR) is 93.4 cm³/mol. The first kappa shape index (κ1) is 16.1. The number of aliphatic hydroxyl groups excluding tert-OH is 1. The van der Waals surface area contributed by atoms with E-state index in [9.17, 15) is 9.90 Å². The molecule has 5 atom stereocenters. The minimum atomic E-state index is -0.338. The SMILES string of the molecule is O=C(NCC1CNCC1O)C1(Cc2ccccc2)CC2CCC1C2. The molecule has 1 saturated heterocycles. The fourth-order valence-corrected chi connectivity index (χ4v) is 5.31. The van der Waals surface area contributed by atoms with Gasteiger partial charge in [-0.1, -0.05) is 36.8 Å². The van der Waals surface area contributed by atoms with E-state index in [1.165, 1.54) is 24.8 Å². The van der Waals surface area contributed by atoms with E-state index in [4.69, 9.17) is 0 Å². The van der Waals surface area contributed by atoms with Gasteiger partial charge in [0.1, 0.15) is 0 Å². The maximum Gasteiger partial charge on any atom is 0.226 e. The van der Waals surface area contributed by atoms with Gasteiger partial charge in [0.15, 0.2) is 0 Å². The van der Waals surface area contributed by atoms with E-state index in [1.807, 2.05) is 6.07 Å². The molecule has 4 rings (SSSR count). The lowest BCUT2D eigenvalue weighted by Gasteiger charge is -2.37. The van der Waals surface area contributed by atoms with Crippen molar-refractivity contribution >= 4 is 5.91 Å². The zero-order valence-corrected chi connectivity index (χ0v) is 14.2. The van der Waals surface area contributed by atoms with Crippen molar-refractivity contribution in [1.82, 2.24) is 10.6 Å². The fraction of sp³-hybridized carbons (Fsp3) is 0.650. The molecule has 0 spiro atoms. The van der Waals surface area contributed by atoms with Gasteiger partial charge in [-0.25, -0.2) is 0 Å². The van der Waals surface area contributed by atoms with Gasteiger partial charge in [-0.05, 0) is 43.1 Å². The molecule has 4 heteroatoms. The number of β-amino-alcohol motifs (C(OH)–C–C–N with tert-alkyl or cyclic N) is 1. The summed E-state index contributed by atoms with van der Waals surface area (Å²) >= 11 is 0. The summed E-state index contributed by atoms with van der Waals surface area (Å²) in [5.41, 5.74) is 1.03. The quantitative estimate of drug-likeness (QED) is 0.771. The number of carbonyl (C=O) groups is 1. The number of rotatable bonds is 5. The standard InChI is InChI=1S/C20H28N2O2/c23-18-13-21-11-16(18)12-22-19(24)20(9-14-4-2-1-3-5-14)10-15-6-7-17(20)8-15/h1-5,15-18,21,23H,6-13H2,(H,22,24). The Morgan fingerprint density at radius 3 is 2.71 bits per heavy atom. The molecule has 5 unspecified atom stereocenters. The fourth-order valence-electron chi connectivity index (χ4n) is 5.31. The summed E-state index contributed by atoms with van der Waals surface area (Å²) in [5, 5.41) is 16.4. The second-order valence-corrected chi connectivity index (χ2v) is 8.09. The molecular weight excluding hydrogens is 300 g/mol. The molecule has 130 valence electrons. The van der Waals surface area contributed by atoms with E-state index in [0.717, 1.165) is 25.3 Å². The third-order valence-corrected chi connectivity index (χ3v) is 6.62. The Kier molecular flexibility index (Phi) is 4.35. The van der Waals surface area contributed by atoms with Crippen molar-refractivity contribution in [2.24, 2.45) is 23.2 Å². The molecule has 1 aliphatic heterocycles. The van der Waals surface area contributed by atoms with Gasteiger partial charge in [-0.3, -0.25) is 4.79 Å². The van der Waals surface area contributed by atoms with E-state index >= 15 is 0 Å². The molecule has 0 radical (unpaired) electrons. The molecule has 1 heterocycles. The molecule has 0 aromatic heterocycles. The number of hydrogen-bond donors (Lipinski definition) is 3. The van der Waals surface area contributed by atoms with Gasteiger partial charge in [0, 0.05) is 25.6 Å². The predicted octanol–water partition coefficient (Wildman–Crippen LogP) is 1.73. The van der Waals surface area contributed by atoms with Crippen molar-refractivity contribution in [3.05, 3.63) is 35.9 Å². The number of amides is 1. The molecule has 3 fully saturated rings. The number of benzene rings is 1. The highest BCUT2D eigenvalue weighted by molar-refractivity contribution is 5.84. The van der Waals surface area contributed by atoms with Crippen LogP contribution in [0.15, 0.2) is 30.3 Å². The number of carbonyl (C=O) groups excluding carboxylic acids is 1. The maximum atomic E-state index is 13.2. The van der Waals surface area contributed by atoms with E-state index < -0.39 is 0 Å². The van der Waals surface area contributed by atoms with Crippen LogP contribution < -0.4 is 10.6 Å². The lowest BCUT2D eigenvalue weighted by molar-refractivity contribution is -0.134. The highest BCUT2D eigenvalue weighted by atomic mass is 16.3. The summed E-state index contributed by atoms with van der Waals surface area (Å²) in [6.07, 6.45) is 5.25. The van der Waals surface area contributed by atoms with Crippen LogP contribution in [-0.2, 0) is 11.2 Å². The highest BCUT2D eigenvalue weighted by Gasteiger charge is 2.55. The third-order valence-electron chi connectivity index (χ3n) is 6.62. The highest BCUT2D eigenvalue weighted by Crippen LogP contribution is 2.57. The van der Waals surface area contributed by atoms with Crippen LogP contribution in [0, 0.1) is 23.2 Å². The lowest BCUT2D eigenvalue weighted by atomic mass is 9.68. The van der Waals surface area contributed by atoms with Gasteiger partial charge in [0.2, 0.25) is 5.91 Å². The topological polar surface area (TPSA) is 61.4 Å². The molecule has 3 aliphatic rings. The summed E-state index contributed by atoms with van der Waals surface area (Å²) in [6.45, 7) is 2.01. The molecule has 2 saturated carbocycles. The average molecular weight is 328 g/mol. The molecule has 24 heavy (non-hydrogen) atoms. The first-order valence-corrected chi connectivity index (χ1v) is 9.38. The Morgan fingerprint density at radius 1 is 1.25 bits per heavy atom. The van der Waals surface area contributed by atoms with Gasteiger partial charge in [0.25, 0.3) is 0 Å². The molecule has 3 N–H and O–H groups in total. The largest absolute Gasteiger partial charge is 0.391 e. The summed E-state index contributed by atoms with van der Waals surface area (Å²) in [7, 11) is 0. The smallest absolute Gasteiger partial charge is 0.226 e.